The van der Waals surface area contributed by atoms with E-state index < -0.39 is 5.91 Å². The molecule has 0 radical (unpaired) electrons. The molecule has 0 aliphatic rings. The fourth-order valence-corrected chi connectivity index (χ4v) is 2.00. The third-order valence-corrected chi connectivity index (χ3v) is 2.98. The topological polar surface area (TPSA) is 89.3 Å². The lowest BCUT2D eigenvalue weighted by molar-refractivity contribution is -0.117. The van der Waals surface area contributed by atoms with Gasteiger partial charge in [-0.2, -0.15) is 0 Å². The lowest BCUT2D eigenvalue weighted by Crippen LogP contribution is -2.15. The summed E-state index contributed by atoms with van der Waals surface area (Å²) in [5.41, 5.74) is 14.6. The van der Waals surface area contributed by atoms with Crippen LogP contribution >= 0.6 is 0 Å². The van der Waals surface area contributed by atoms with Gasteiger partial charge in [0.1, 0.15) is 5.75 Å². The van der Waals surface area contributed by atoms with Gasteiger partial charge in [0.25, 0.3) is 0 Å². The zero-order valence-corrected chi connectivity index (χ0v) is 10.5. The molecule has 1 amide bonds. The van der Waals surface area contributed by atoms with E-state index in [0.717, 1.165) is 16.7 Å². The van der Waals surface area contributed by atoms with Gasteiger partial charge >= 0.3 is 0 Å². The number of para-hydroxylation sites is 1. The number of amides is 1. The Morgan fingerprint density at radius 2 is 1.68 bits per heavy atom. The summed E-state index contributed by atoms with van der Waals surface area (Å²) in [5, 5.41) is 9.24. The summed E-state index contributed by atoms with van der Waals surface area (Å²) in [4.78, 5) is 11.0. The monoisotopic (exact) mass is 256 g/mol. The number of carbonyl (C=O) groups is 1. The van der Waals surface area contributed by atoms with E-state index in [-0.39, 0.29) is 12.2 Å². The minimum atomic E-state index is -0.395. The normalized spacial score (nSPS) is 10.3. The average Bonchev–Trinajstić information content (AvgIpc) is 2.36. The second-order valence-electron chi connectivity index (χ2n) is 4.48. The Kier molecular flexibility index (Phi) is 3.71. The standard InChI is InChI=1S/C15H16N2O2/c16-14(19)9-12-3-1-2-11(15(12)17)8-10-4-6-13(18)7-5-10/h1-7,18H,8-9,17H2,(H2,16,19). The summed E-state index contributed by atoms with van der Waals surface area (Å²) in [7, 11) is 0. The molecule has 5 N–H and O–H groups in total. The predicted molar refractivity (Wildman–Crippen MR) is 74.7 cm³/mol. The summed E-state index contributed by atoms with van der Waals surface area (Å²) < 4.78 is 0. The fraction of sp³-hybridized carbons (Fsp3) is 0.133. The van der Waals surface area contributed by atoms with E-state index >= 15 is 0 Å². The van der Waals surface area contributed by atoms with E-state index in [1.807, 2.05) is 24.3 Å². The largest absolute Gasteiger partial charge is 0.508 e. The highest BCUT2D eigenvalue weighted by molar-refractivity contribution is 5.79. The number of carbonyl (C=O) groups excluding carboxylic acids is 1. The van der Waals surface area contributed by atoms with E-state index in [9.17, 15) is 9.90 Å². The van der Waals surface area contributed by atoms with Crippen LogP contribution in [-0.2, 0) is 17.6 Å². The molecule has 0 spiro atoms. The van der Waals surface area contributed by atoms with Gasteiger partial charge < -0.3 is 16.6 Å². The maximum Gasteiger partial charge on any atom is 0.221 e. The number of aromatic hydroxyl groups is 1. The van der Waals surface area contributed by atoms with Crippen LogP contribution in [0, 0.1) is 0 Å². The number of rotatable bonds is 4. The highest BCUT2D eigenvalue weighted by atomic mass is 16.3. The maximum atomic E-state index is 11.0. The van der Waals surface area contributed by atoms with E-state index in [1.165, 1.54) is 0 Å². The zero-order chi connectivity index (χ0) is 13.8. The number of hydrogen-bond acceptors (Lipinski definition) is 3. The second-order valence-corrected chi connectivity index (χ2v) is 4.48. The van der Waals surface area contributed by atoms with Crippen molar-refractivity contribution >= 4 is 11.6 Å². The van der Waals surface area contributed by atoms with E-state index in [0.29, 0.717) is 12.1 Å². The first kappa shape index (κ1) is 13.0. The molecule has 2 rings (SSSR count). The molecular formula is C15H16N2O2. The highest BCUT2D eigenvalue weighted by Crippen LogP contribution is 2.22. The molecule has 98 valence electrons. The van der Waals surface area contributed by atoms with E-state index in [1.54, 1.807) is 18.2 Å². The van der Waals surface area contributed by atoms with Crippen molar-refractivity contribution in [2.45, 2.75) is 12.8 Å². The van der Waals surface area contributed by atoms with Crippen molar-refractivity contribution in [3.05, 3.63) is 59.2 Å². The summed E-state index contributed by atoms with van der Waals surface area (Å²) in [6.45, 7) is 0. The van der Waals surface area contributed by atoms with Crippen LogP contribution < -0.4 is 11.5 Å². The molecule has 0 saturated carbocycles. The molecule has 2 aromatic rings. The van der Waals surface area contributed by atoms with Crippen molar-refractivity contribution < 1.29 is 9.90 Å². The molecule has 0 aliphatic carbocycles. The van der Waals surface area contributed by atoms with Crippen molar-refractivity contribution in [2.24, 2.45) is 5.73 Å². The van der Waals surface area contributed by atoms with Gasteiger partial charge in [0.15, 0.2) is 0 Å². The third kappa shape index (κ3) is 3.25. The van der Waals surface area contributed by atoms with Gasteiger partial charge in [-0.25, -0.2) is 0 Å². The van der Waals surface area contributed by atoms with Gasteiger partial charge in [-0.3, -0.25) is 4.79 Å². The number of primary amides is 1. The Bertz CT molecular complexity index is 592. The van der Waals surface area contributed by atoms with Crippen LogP contribution in [0.4, 0.5) is 5.69 Å². The van der Waals surface area contributed by atoms with E-state index in [4.69, 9.17) is 11.5 Å². The van der Waals surface area contributed by atoms with Crippen LogP contribution in [0.3, 0.4) is 0 Å². The lowest BCUT2D eigenvalue weighted by atomic mass is 9.99. The number of nitrogen functional groups attached to an aromatic ring is 1. The molecule has 0 bridgehead atoms. The van der Waals surface area contributed by atoms with Gasteiger partial charge in [0, 0.05) is 5.69 Å². The Labute approximate surface area is 111 Å². The Balaban J connectivity index is 2.25. The summed E-state index contributed by atoms with van der Waals surface area (Å²) in [5.74, 6) is -0.160. The minimum absolute atomic E-state index is 0.148. The number of phenolic OH excluding ortho intramolecular Hbond substituents is 1. The van der Waals surface area contributed by atoms with Crippen LogP contribution in [-0.4, -0.2) is 11.0 Å². The summed E-state index contributed by atoms with van der Waals surface area (Å²) in [6.07, 6.45) is 0.800. The van der Waals surface area contributed by atoms with Crippen molar-refractivity contribution in [2.75, 3.05) is 5.73 Å². The van der Waals surface area contributed by atoms with Gasteiger partial charge in [-0.05, 0) is 35.2 Å². The average molecular weight is 256 g/mol. The molecule has 0 heterocycles. The number of nitrogens with two attached hydrogens (primary N) is 2. The first-order chi connectivity index (χ1) is 9.06. The molecule has 4 nitrogen and oxygen atoms in total. The van der Waals surface area contributed by atoms with Crippen LogP contribution in [0.15, 0.2) is 42.5 Å². The Morgan fingerprint density at radius 1 is 1.05 bits per heavy atom. The first-order valence-corrected chi connectivity index (χ1v) is 5.98. The molecule has 0 aliphatic heterocycles. The molecule has 0 fully saturated rings. The smallest absolute Gasteiger partial charge is 0.221 e. The summed E-state index contributed by atoms with van der Waals surface area (Å²) in [6, 6.07) is 12.6. The van der Waals surface area contributed by atoms with Crippen molar-refractivity contribution in [1.29, 1.82) is 0 Å². The lowest BCUT2D eigenvalue weighted by Gasteiger charge is -2.10. The van der Waals surface area contributed by atoms with Crippen LogP contribution in [0.1, 0.15) is 16.7 Å². The van der Waals surface area contributed by atoms with Crippen molar-refractivity contribution in [1.82, 2.24) is 0 Å². The van der Waals surface area contributed by atoms with Crippen molar-refractivity contribution in [3.63, 3.8) is 0 Å². The molecular weight excluding hydrogens is 240 g/mol. The fourth-order valence-electron chi connectivity index (χ4n) is 2.00. The SMILES string of the molecule is NC(=O)Cc1cccc(Cc2ccc(O)cc2)c1N. The summed E-state index contributed by atoms with van der Waals surface area (Å²) >= 11 is 0. The predicted octanol–water partition coefficient (Wildman–Crippen LogP) is 1.59. The maximum absolute atomic E-state index is 11.0. The Hall–Kier alpha value is -2.49. The molecule has 2 aromatic carbocycles. The van der Waals surface area contributed by atoms with E-state index in [2.05, 4.69) is 0 Å². The quantitative estimate of drug-likeness (QED) is 0.726. The third-order valence-electron chi connectivity index (χ3n) is 2.98. The number of benzene rings is 2. The second kappa shape index (κ2) is 5.44. The van der Waals surface area contributed by atoms with Gasteiger partial charge in [0.05, 0.1) is 6.42 Å². The van der Waals surface area contributed by atoms with Gasteiger partial charge in [0.2, 0.25) is 5.91 Å². The molecule has 4 heteroatoms. The Morgan fingerprint density at radius 3 is 2.32 bits per heavy atom. The zero-order valence-electron chi connectivity index (χ0n) is 10.5. The van der Waals surface area contributed by atoms with Crippen LogP contribution in [0.2, 0.25) is 0 Å². The molecule has 19 heavy (non-hydrogen) atoms. The van der Waals surface area contributed by atoms with Gasteiger partial charge in [-0.15, -0.1) is 0 Å². The minimum Gasteiger partial charge on any atom is -0.508 e. The number of hydrogen-bond donors (Lipinski definition) is 3. The molecule has 0 unspecified atom stereocenters. The molecule has 0 aromatic heterocycles. The molecule has 0 saturated heterocycles. The van der Waals surface area contributed by atoms with Crippen LogP contribution in [0.5, 0.6) is 5.75 Å². The number of phenols is 1. The van der Waals surface area contributed by atoms with Crippen LogP contribution in [0.25, 0.3) is 0 Å². The van der Waals surface area contributed by atoms with Crippen molar-refractivity contribution in [3.8, 4) is 5.75 Å². The molecule has 0 atom stereocenters. The highest BCUT2D eigenvalue weighted by Gasteiger charge is 2.08. The number of anilines is 1. The van der Waals surface area contributed by atoms with Gasteiger partial charge in [-0.1, -0.05) is 30.3 Å². The first-order valence-electron chi connectivity index (χ1n) is 5.98.